The summed E-state index contributed by atoms with van der Waals surface area (Å²) in [6.07, 6.45) is 0. The number of hydrogen-bond donors (Lipinski definition) is 0. The molecular weight excluding hydrogens is 356 g/mol. The van der Waals surface area contributed by atoms with Gasteiger partial charge >= 0.3 is 0 Å². The maximum absolute atomic E-state index is 12.2. The van der Waals surface area contributed by atoms with Gasteiger partial charge in [-0.2, -0.15) is 0 Å². The maximum Gasteiger partial charge on any atom is 0.243 e. The van der Waals surface area contributed by atoms with Crippen molar-refractivity contribution in [3.63, 3.8) is 0 Å². The number of hydrogen-bond acceptors (Lipinski definition) is 6. The highest BCUT2D eigenvalue weighted by Gasteiger charge is 2.28. The van der Waals surface area contributed by atoms with Gasteiger partial charge in [-0.25, -0.2) is 0 Å². The minimum atomic E-state index is -0.796. The normalized spacial score (nSPS) is 12.0. The van der Waals surface area contributed by atoms with E-state index >= 15 is 0 Å². The Balaban J connectivity index is 2.07. The summed E-state index contributed by atoms with van der Waals surface area (Å²) in [7, 11) is 5.13. The van der Waals surface area contributed by atoms with Crippen molar-refractivity contribution in [1.82, 2.24) is 19.7 Å². The summed E-state index contributed by atoms with van der Waals surface area (Å²) in [5.74, 6) is 1.03. The van der Waals surface area contributed by atoms with Gasteiger partial charge in [0.05, 0.1) is 5.75 Å². The van der Waals surface area contributed by atoms with E-state index in [0.29, 0.717) is 10.9 Å². The Bertz CT molecular complexity index is 757. The third kappa shape index (κ3) is 5.09. The van der Waals surface area contributed by atoms with Crippen LogP contribution in [-0.2, 0) is 22.4 Å². The van der Waals surface area contributed by atoms with Crippen LogP contribution >= 0.6 is 23.5 Å². The van der Waals surface area contributed by atoms with Crippen LogP contribution in [0.25, 0.3) is 0 Å². The van der Waals surface area contributed by atoms with Crippen LogP contribution in [0.5, 0.6) is 0 Å². The molecule has 134 valence electrons. The van der Waals surface area contributed by atoms with Crippen LogP contribution in [0.2, 0.25) is 0 Å². The van der Waals surface area contributed by atoms with Crippen molar-refractivity contribution in [3.8, 4) is 0 Å². The topological polar surface area (TPSA) is 68.1 Å². The molecule has 0 saturated heterocycles. The summed E-state index contributed by atoms with van der Waals surface area (Å²) in [6.45, 7) is 3.48. The molecular formula is C17H22N4O2S2. The molecule has 1 amide bonds. The van der Waals surface area contributed by atoms with Gasteiger partial charge in [0.1, 0.15) is 11.1 Å². The summed E-state index contributed by atoms with van der Waals surface area (Å²) < 4.78 is 1.84. The second-order valence-electron chi connectivity index (χ2n) is 5.90. The third-order valence-electron chi connectivity index (χ3n) is 3.57. The molecule has 0 saturated carbocycles. The molecule has 0 radical (unpaired) electrons. The lowest BCUT2D eigenvalue weighted by Gasteiger charge is -2.17. The Labute approximate surface area is 156 Å². The molecule has 6 nitrogen and oxygen atoms in total. The summed E-state index contributed by atoms with van der Waals surface area (Å²) in [5.41, 5.74) is 1.22. The Morgan fingerprint density at radius 2 is 1.84 bits per heavy atom. The SMILES string of the molecule is CC(=O)C(Sc1nnc(CSc2ccc(C)cc2)n1C)C(=O)N(C)C. The van der Waals surface area contributed by atoms with Crippen LogP contribution in [0.3, 0.4) is 0 Å². The maximum atomic E-state index is 12.2. The number of carbonyl (C=O) groups is 2. The minimum absolute atomic E-state index is 0.192. The Morgan fingerprint density at radius 1 is 1.20 bits per heavy atom. The number of Topliss-reactive ketones (excluding diaryl/α,β-unsaturated/α-hetero) is 1. The predicted octanol–water partition coefficient (Wildman–Crippen LogP) is 2.55. The number of aromatic nitrogens is 3. The van der Waals surface area contributed by atoms with Gasteiger partial charge in [-0.3, -0.25) is 9.59 Å². The molecule has 0 aliphatic rings. The van der Waals surface area contributed by atoms with Crippen molar-refractivity contribution in [2.24, 2.45) is 7.05 Å². The molecule has 1 unspecified atom stereocenters. The molecule has 2 rings (SSSR count). The molecule has 0 spiro atoms. The molecule has 0 fully saturated rings. The van der Waals surface area contributed by atoms with Gasteiger partial charge in [0.2, 0.25) is 5.91 Å². The predicted molar refractivity (Wildman–Crippen MR) is 101 cm³/mol. The number of amides is 1. The fourth-order valence-corrected chi connectivity index (χ4v) is 3.92. The zero-order chi connectivity index (χ0) is 18.6. The van der Waals surface area contributed by atoms with Gasteiger partial charge in [-0.15, -0.1) is 22.0 Å². The highest BCUT2D eigenvalue weighted by atomic mass is 32.2. The van der Waals surface area contributed by atoms with E-state index in [0.717, 1.165) is 22.5 Å². The highest BCUT2D eigenvalue weighted by Crippen LogP contribution is 2.27. The summed E-state index contributed by atoms with van der Waals surface area (Å²) >= 11 is 2.82. The van der Waals surface area contributed by atoms with Crippen molar-refractivity contribution in [1.29, 1.82) is 0 Å². The zero-order valence-corrected chi connectivity index (χ0v) is 16.6. The lowest BCUT2D eigenvalue weighted by atomic mass is 10.2. The van der Waals surface area contributed by atoms with Gasteiger partial charge < -0.3 is 9.47 Å². The number of thioether (sulfide) groups is 2. The molecule has 1 atom stereocenters. The molecule has 8 heteroatoms. The number of rotatable bonds is 7. The van der Waals surface area contributed by atoms with Crippen molar-refractivity contribution in [2.75, 3.05) is 14.1 Å². The highest BCUT2D eigenvalue weighted by molar-refractivity contribution is 8.01. The first-order valence-electron chi connectivity index (χ1n) is 7.75. The van der Waals surface area contributed by atoms with Gasteiger partial charge in [0.25, 0.3) is 0 Å². The van der Waals surface area contributed by atoms with Crippen molar-refractivity contribution >= 4 is 35.2 Å². The van der Waals surface area contributed by atoms with Crippen LogP contribution < -0.4 is 0 Å². The second-order valence-corrected chi connectivity index (χ2v) is 8.02. The lowest BCUT2D eigenvalue weighted by molar-refractivity contribution is -0.132. The smallest absolute Gasteiger partial charge is 0.243 e. The minimum Gasteiger partial charge on any atom is -0.347 e. The van der Waals surface area contributed by atoms with Gasteiger partial charge in [0.15, 0.2) is 10.9 Å². The van der Waals surface area contributed by atoms with E-state index in [1.54, 1.807) is 25.9 Å². The van der Waals surface area contributed by atoms with Crippen LogP contribution in [0.1, 0.15) is 18.3 Å². The van der Waals surface area contributed by atoms with Crippen LogP contribution in [0.4, 0.5) is 0 Å². The van der Waals surface area contributed by atoms with Crippen molar-refractivity contribution in [3.05, 3.63) is 35.7 Å². The van der Waals surface area contributed by atoms with Gasteiger partial charge in [-0.05, 0) is 26.0 Å². The summed E-state index contributed by atoms with van der Waals surface area (Å²) in [4.78, 5) is 26.6. The van der Waals surface area contributed by atoms with E-state index in [1.807, 2.05) is 11.6 Å². The number of nitrogens with zero attached hydrogens (tertiary/aromatic N) is 4. The van der Waals surface area contributed by atoms with E-state index in [9.17, 15) is 9.59 Å². The average molecular weight is 379 g/mol. The number of ketones is 1. The monoisotopic (exact) mass is 378 g/mol. The van der Waals surface area contributed by atoms with E-state index in [1.165, 1.54) is 17.4 Å². The fourth-order valence-electron chi connectivity index (χ4n) is 2.00. The zero-order valence-electron chi connectivity index (χ0n) is 15.0. The van der Waals surface area contributed by atoms with Crippen molar-refractivity contribution < 1.29 is 9.59 Å². The number of benzene rings is 1. The summed E-state index contributed by atoms with van der Waals surface area (Å²) in [6, 6.07) is 8.30. The number of carbonyl (C=O) groups excluding carboxylic acids is 2. The summed E-state index contributed by atoms with van der Waals surface area (Å²) in [5, 5.41) is 8.11. The largest absolute Gasteiger partial charge is 0.347 e. The first-order chi connectivity index (χ1) is 11.8. The van der Waals surface area contributed by atoms with Crippen LogP contribution in [0.15, 0.2) is 34.3 Å². The molecule has 0 aliphatic heterocycles. The molecule has 0 N–H and O–H groups in total. The first-order valence-corrected chi connectivity index (χ1v) is 9.62. The molecule has 1 aromatic carbocycles. The van der Waals surface area contributed by atoms with Crippen LogP contribution in [0, 0.1) is 6.92 Å². The molecule has 0 bridgehead atoms. The molecule has 0 aliphatic carbocycles. The average Bonchev–Trinajstić information content (AvgIpc) is 2.91. The molecule has 2 aromatic rings. The number of aryl methyl sites for hydroxylation is 1. The first kappa shape index (κ1) is 19.5. The van der Waals surface area contributed by atoms with E-state index in [2.05, 4.69) is 41.4 Å². The van der Waals surface area contributed by atoms with Gasteiger partial charge in [0, 0.05) is 26.0 Å². The second kappa shape index (κ2) is 8.53. The van der Waals surface area contributed by atoms with E-state index < -0.39 is 5.25 Å². The Hall–Kier alpha value is -1.80. The Kier molecular flexibility index (Phi) is 6.66. The fraction of sp³-hybridized carbons (Fsp3) is 0.412. The Morgan fingerprint density at radius 3 is 2.40 bits per heavy atom. The van der Waals surface area contributed by atoms with Gasteiger partial charge in [-0.1, -0.05) is 29.5 Å². The standard InChI is InChI=1S/C17H22N4O2S2/c1-11-6-8-13(9-7-11)24-10-14-18-19-17(21(14)5)25-15(12(2)22)16(23)20(3)4/h6-9,15H,10H2,1-5H3. The third-order valence-corrected chi connectivity index (χ3v) is 5.92. The quantitative estimate of drug-likeness (QED) is 0.545. The molecule has 1 aromatic heterocycles. The molecule has 25 heavy (non-hydrogen) atoms. The molecule has 1 heterocycles. The van der Waals surface area contributed by atoms with Crippen LogP contribution in [-0.4, -0.2) is 50.7 Å². The van der Waals surface area contributed by atoms with Crippen molar-refractivity contribution in [2.45, 2.75) is 34.9 Å². The van der Waals surface area contributed by atoms with E-state index in [4.69, 9.17) is 0 Å². The lowest BCUT2D eigenvalue weighted by Crippen LogP contribution is -2.36. The van der Waals surface area contributed by atoms with E-state index in [-0.39, 0.29) is 11.7 Å².